The molecule has 1 aliphatic heterocycles. The molecule has 1 rings (SSSR count). The zero-order valence-electron chi connectivity index (χ0n) is 11.1. The van der Waals surface area contributed by atoms with Gasteiger partial charge in [0.2, 0.25) is 0 Å². The van der Waals surface area contributed by atoms with Crippen LogP contribution in [0.2, 0.25) is 0 Å². The van der Waals surface area contributed by atoms with Crippen LogP contribution in [0, 0.1) is 5.92 Å². The van der Waals surface area contributed by atoms with Crippen LogP contribution < -0.4 is 10.0 Å². The van der Waals surface area contributed by atoms with Gasteiger partial charge >= 0.3 is 0 Å². The summed E-state index contributed by atoms with van der Waals surface area (Å²) in [6, 6.07) is 0.379. The van der Waals surface area contributed by atoms with Gasteiger partial charge in [-0.2, -0.15) is 12.7 Å². The lowest BCUT2D eigenvalue weighted by Gasteiger charge is -2.35. The van der Waals surface area contributed by atoms with E-state index in [9.17, 15) is 8.42 Å². The number of hydrogen-bond donors (Lipinski definition) is 2. The molecule has 0 aromatic heterocycles. The van der Waals surface area contributed by atoms with Gasteiger partial charge in [-0.3, -0.25) is 0 Å². The van der Waals surface area contributed by atoms with Gasteiger partial charge in [0.25, 0.3) is 10.2 Å². The third-order valence-corrected chi connectivity index (χ3v) is 4.97. The summed E-state index contributed by atoms with van der Waals surface area (Å²) in [5.41, 5.74) is 0. The molecule has 17 heavy (non-hydrogen) atoms. The number of nitrogens with zero attached hydrogens (tertiary/aromatic N) is 1. The lowest BCUT2D eigenvalue weighted by atomic mass is 9.93. The van der Waals surface area contributed by atoms with Crippen LogP contribution in [-0.2, 0) is 10.2 Å². The van der Waals surface area contributed by atoms with Crippen LogP contribution in [0.4, 0.5) is 0 Å². The Morgan fingerprint density at radius 3 is 2.76 bits per heavy atom. The second-order valence-electron chi connectivity index (χ2n) is 4.71. The van der Waals surface area contributed by atoms with E-state index in [4.69, 9.17) is 0 Å². The molecule has 0 amide bonds. The average molecular weight is 263 g/mol. The first-order chi connectivity index (χ1) is 8.01. The van der Waals surface area contributed by atoms with Crippen molar-refractivity contribution in [2.45, 2.75) is 39.2 Å². The first-order valence-electron chi connectivity index (χ1n) is 6.43. The molecule has 5 nitrogen and oxygen atoms in total. The maximum absolute atomic E-state index is 11.7. The summed E-state index contributed by atoms with van der Waals surface area (Å²) in [4.78, 5) is 0. The van der Waals surface area contributed by atoms with Gasteiger partial charge in [0.05, 0.1) is 0 Å². The van der Waals surface area contributed by atoms with E-state index in [0.29, 0.717) is 25.0 Å². The lowest BCUT2D eigenvalue weighted by Crippen LogP contribution is -2.49. The van der Waals surface area contributed by atoms with E-state index in [0.717, 1.165) is 25.8 Å². The van der Waals surface area contributed by atoms with Gasteiger partial charge in [0.1, 0.15) is 0 Å². The van der Waals surface area contributed by atoms with E-state index >= 15 is 0 Å². The van der Waals surface area contributed by atoms with Crippen molar-refractivity contribution in [3.05, 3.63) is 0 Å². The summed E-state index contributed by atoms with van der Waals surface area (Å²) in [5, 5.41) is 3.45. The Balaban J connectivity index is 2.54. The Hall–Kier alpha value is -0.170. The molecule has 1 heterocycles. The molecule has 1 aliphatic rings. The van der Waals surface area contributed by atoms with E-state index in [-0.39, 0.29) is 0 Å². The maximum atomic E-state index is 11.7. The van der Waals surface area contributed by atoms with Crippen molar-refractivity contribution >= 4 is 10.2 Å². The fourth-order valence-electron chi connectivity index (χ4n) is 2.27. The maximum Gasteiger partial charge on any atom is 0.279 e. The van der Waals surface area contributed by atoms with Gasteiger partial charge in [-0.15, -0.1) is 0 Å². The summed E-state index contributed by atoms with van der Waals surface area (Å²) >= 11 is 0. The Kier molecular flexibility index (Phi) is 5.85. The first-order valence-corrected chi connectivity index (χ1v) is 7.87. The monoisotopic (exact) mass is 263 g/mol. The van der Waals surface area contributed by atoms with Gasteiger partial charge < -0.3 is 5.32 Å². The third kappa shape index (κ3) is 4.21. The highest BCUT2D eigenvalue weighted by atomic mass is 32.2. The van der Waals surface area contributed by atoms with E-state index in [1.54, 1.807) is 4.31 Å². The van der Waals surface area contributed by atoms with Crippen molar-refractivity contribution in [1.29, 1.82) is 0 Å². The molecule has 0 aliphatic carbocycles. The van der Waals surface area contributed by atoms with Crippen molar-refractivity contribution in [1.82, 2.24) is 14.3 Å². The van der Waals surface area contributed by atoms with Gasteiger partial charge in [0.15, 0.2) is 0 Å². The molecule has 0 spiro atoms. The first kappa shape index (κ1) is 14.9. The highest BCUT2D eigenvalue weighted by Crippen LogP contribution is 2.21. The second-order valence-corrected chi connectivity index (χ2v) is 6.59. The van der Waals surface area contributed by atoms with Crippen LogP contribution >= 0.6 is 0 Å². The Morgan fingerprint density at radius 1 is 1.47 bits per heavy atom. The fraction of sp³-hybridized carbons (Fsp3) is 1.00. The fourth-order valence-corrected chi connectivity index (χ4v) is 3.28. The molecule has 2 N–H and O–H groups in total. The molecule has 6 heteroatoms. The van der Waals surface area contributed by atoms with E-state index in [1.165, 1.54) is 7.05 Å². The SMILES string of the molecule is CCCNC(C)C1CCCN(S(=O)(=O)NC)C1. The van der Waals surface area contributed by atoms with E-state index in [2.05, 4.69) is 23.9 Å². The molecule has 1 saturated heterocycles. The minimum Gasteiger partial charge on any atom is -0.314 e. The largest absolute Gasteiger partial charge is 0.314 e. The summed E-state index contributed by atoms with van der Waals surface area (Å²) in [5.74, 6) is 0.415. The standard InChI is InChI=1S/C11H25N3O2S/c1-4-7-13-10(2)11-6-5-8-14(9-11)17(15,16)12-3/h10-13H,4-9H2,1-3H3. The van der Waals surface area contributed by atoms with E-state index < -0.39 is 10.2 Å². The highest BCUT2D eigenvalue weighted by Gasteiger charge is 2.30. The van der Waals surface area contributed by atoms with Crippen molar-refractivity contribution in [2.75, 3.05) is 26.7 Å². The summed E-state index contributed by atoms with van der Waals surface area (Å²) in [7, 11) is -1.78. The Bertz CT molecular complexity index is 319. The normalized spacial score (nSPS) is 24.8. The molecule has 2 unspecified atom stereocenters. The minimum atomic E-state index is -3.25. The molecule has 0 radical (unpaired) electrons. The van der Waals surface area contributed by atoms with Crippen LogP contribution in [0.5, 0.6) is 0 Å². The predicted molar refractivity (Wildman–Crippen MR) is 70.0 cm³/mol. The molecule has 0 aromatic rings. The number of nitrogens with one attached hydrogen (secondary N) is 2. The molecular formula is C11H25N3O2S. The molecule has 0 saturated carbocycles. The number of rotatable bonds is 6. The quantitative estimate of drug-likeness (QED) is 0.736. The predicted octanol–water partition coefficient (Wildman–Crippen LogP) is 0.551. The van der Waals surface area contributed by atoms with Crippen molar-refractivity contribution in [2.24, 2.45) is 5.92 Å². The van der Waals surface area contributed by atoms with Crippen molar-refractivity contribution in [3.63, 3.8) is 0 Å². The van der Waals surface area contributed by atoms with Gasteiger partial charge in [-0.1, -0.05) is 6.92 Å². The van der Waals surface area contributed by atoms with Gasteiger partial charge in [0, 0.05) is 26.2 Å². The van der Waals surface area contributed by atoms with Crippen LogP contribution in [0.15, 0.2) is 0 Å². The van der Waals surface area contributed by atoms with Crippen LogP contribution in [0.1, 0.15) is 33.1 Å². The highest BCUT2D eigenvalue weighted by molar-refractivity contribution is 7.87. The summed E-state index contributed by atoms with van der Waals surface area (Å²) < 4.78 is 27.4. The lowest BCUT2D eigenvalue weighted by molar-refractivity contribution is 0.223. The average Bonchev–Trinajstić information content (AvgIpc) is 2.36. The summed E-state index contributed by atoms with van der Waals surface area (Å²) in [6.45, 7) is 6.55. The Labute approximate surface area is 105 Å². The second kappa shape index (κ2) is 6.68. The molecule has 1 fully saturated rings. The van der Waals surface area contributed by atoms with Crippen molar-refractivity contribution in [3.8, 4) is 0 Å². The van der Waals surface area contributed by atoms with E-state index in [1.807, 2.05) is 0 Å². The topological polar surface area (TPSA) is 61.4 Å². The van der Waals surface area contributed by atoms with Crippen molar-refractivity contribution < 1.29 is 8.42 Å². The number of piperidine rings is 1. The van der Waals surface area contributed by atoms with Crippen LogP contribution in [-0.4, -0.2) is 45.4 Å². The molecule has 102 valence electrons. The molecule has 0 aromatic carbocycles. The van der Waals surface area contributed by atoms with Gasteiger partial charge in [-0.05, 0) is 38.6 Å². The molecular weight excluding hydrogens is 238 g/mol. The Morgan fingerprint density at radius 2 is 2.18 bits per heavy atom. The number of hydrogen-bond acceptors (Lipinski definition) is 3. The minimum absolute atomic E-state index is 0.379. The third-order valence-electron chi connectivity index (χ3n) is 3.44. The zero-order chi connectivity index (χ0) is 12.9. The molecule has 0 bridgehead atoms. The van der Waals surface area contributed by atoms with Crippen LogP contribution in [0.3, 0.4) is 0 Å². The van der Waals surface area contributed by atoms with Crippen LogP contribution in [0.25, 0.3) is 0 Å². The van der Waals surface area contributed by atoms with Gasteiger partial charge in [-0.25, -0.2) is 4.72 Å². The smallest absolute Gasteiger partial charge is 0.279 e. The molecule has 2 atom stereocenters. The zero-order valence-corrected chi connectivity index (χ0v) is 11.9. The summed E-state index contributed by atoms with van der Waals surface area (Å²) in [6.07, 6.45) is 3.16.